The van der Waals surface area contributed by atoms with E-state index in [4.69, 9.17) is 4.74 Å². The van der Waals surface area contributed by atoms with Gasteiger partial charge < -0.3 is 19.5 Å². The fourth-order valence-corrected chi connectivity index (χ4v) is 4.80. The molecule has 1 N–H and O–H groups in total. The maximum absolute atomic E-state index is 13.3. The lowest BCUT2D eigenvalue weighted by Crippen LogP contribution is -2.39. The van der Waals surface area contributed by atoms with Crippen LogP contribution < -0.4 is 15.0 Å². The zero-order valence-corrected chi connectivity index (χ0v) is 19.5. The highest BCUT2D eigenvalue weighted by Gasteiger charge is 2.22. The van der Waals surface area contributed by atoms with Gasteiger partial charge in [0, 0.05) is 55.2 Å². The number of ether oxygens (including phenoxy) is 1. The predicted octanol–water partition coefficient (Wildman–Crippen LogP) is 4.74. The molecular weight excluding hydrogens is 424 g/mol. The van der Waals surface area contributed by atoms with Gasteiger partial charge in [0.2, 0.25) is 0 Å². The third-order valence-corrected chi connectivity index (χ3v) is 6.71. The van der Waals surface area contributed by atoms with E-state index in [2.05, 4.69) is 50.1 Å². The zero-order valence-electron chi connectivity index (χ0n) is 19.5. The van der Waals surface area contributed by atoms with Crippen molar-refractivity contribution in [2.24, 2.45) is 5.92 Å². The molecule has 0 unspecified atom stereocenters. The average molecular weight is 455 g/mol. The summed E-state index contributed by atoms with van der Waals surface area (Å²) in [6.07, 6.45) is 5.81. The molecule has 0 saturated carbocycles. The number of carbonyl (C=O) groups excluding carboxylic acids is 1. The number of piperidine rings is 1. The second-order valence-corrected chi connectivity index (χ2v) is 8.87. The lowest BCUT2D eigenvalue weighted by molar-refractivity contribution is 0.0936. The molecule has 1 saturated heterocycles. The number of aromatic nitrogens is 2. The number of amides is 1. The van der Waals surface area contributed by atoms with Crippen LogP contribution in [-0.4, -0.2) is 42.2 Å². The topological polar surface area (TPSA) is 59.4 Å². The molecule has 4 aromatic rings. The van der Waals surface area contributed by atoms with Crippen molar-refractivity contribution >= 4 is 22.5 Å². The van der Waals surface area contributed by atoms with Gasteiger partial charge in [0.15, 0.2) is 0 Å². The number of carbonyl (C=O) groups is 1. The standard InChI is InChI=1S/C28H30N4O2/c1-34-25-7-4-5-22(17-25)20-32-26-8-3-2-6-23(26)18-27(32)28(33)30-19-21-11-15-31(16-12-21)24-9-13-29-14-10-24/h2-10,13-14,17-18,21H,11-12,15-16,19-20H2,1H3,(H,30,33). The molecule has 1 fully saturated rings. The van der Waals surface area contributed by atoms with Crippen LogP contribution in [0.1, 0.15) is 28.9 Å². The van der Waals surface area contributed by atoms with Crippen LogP contribution in [0.5, 0.6) is 5.75 Å². The number of nitrogens with one attached hydrogen (secondary N) is 1. The molecule has 174 valence electrons. The number of rotatable bonds is 7. The number of methoxy groups -OCH3 is 1. The molecule has 2 aromatic heterocycles. The van der Waals surface area contributed by atoms with Gasteiger partial charge in [-0.3, -0.25) is 9.78 Å². The quantitative estimate of drug-likeness (QED) is 0.438. The van der Waals surface area contributed by atoms with Gasteiger partial charge in [0.1, 0.15) is 11.4 Å². The van der Waals surface area contributed by atoms with E-state index >= 15 is 0 Å². The van der Waals surface area contributed by atoms with E-state index in [-0.39, 0.29) is 5.91 Å². The van der Waals surface area contributed by atoms with Crippen molar-refractivity contribution < 1.29 is 9.53 Å². The highest BCUT2D eigenvalue weighted by atomic mass is 16.5. The number of para-hydroxylation sites is 1. The number of benzene rings is 2. The maximum Gasteiger partial charge on any atom is 0.267 e. The molecule has 3 heterocycles. The van der Waals surface area contributed by atoms with Gasteiger partial charge in [-0.25, -0.2) is 0 Å². The van der Waals surface area contributed by atoms with Gasteiger partial charge in [-0.2, -0.15) is 0 Å². The van der Waals surface area contributed by atoms with E-state index in [1.807, 2.05) is 48.8 Å². The SMILES string of the molecule is COc1cccc(Cn2c(C(=O)NCC3CCN(c4ccncc4)CC3)cc3ccccc32)c1. The van der Waals surface area contributed by atoms with Crippen LogP contribution in [0.15, 0.2) is 79.1 Å². The first-order chi connectivity index (χ1) is 16.7. The monoisotopic (exact) mass is 454 g/mol. The molecule has 5 rings (SSSR count). The van der Waals surface area contributed by atoms with Crippen molar-refractivity contribution in [3.05, 3.63) is 90.4 Å². The Labute approximate surface area is 200 Å². The van der Waals surface area contributed by atoms with Crippen molar-refractivity contribution in [3.8, 4) is 5.75 Å². The number of fused-ring (bicyclic) bond motifs is 1. The van der Waals surface area contributed by atoms with Crippen LogP contribution in [0.2, 0.25) is 0 Å². The average Bonchev–Trinajstić information content (AvgIpc) is 3.26. The molecule has 0 aliphatic carbocycles. The number of hydrogen-bond acceptors (Lipinski definition) is 4. The minimum Gasteiger partial charge on any atom is -0.497 e. The Hall–Kier alpha value is -3.80. The van der Waals surface area contributed by atoms with Gasteiger partial charge in [0.25, 0.3) is 5.91 Å². The van der Waals surface area contributed by atoms with Crippen molar-refractivity contribution in [2.75, 3.05) is 31.6 Å². The van der Waals surface area contributed by atoms with Crippen molar-refractivity contribution in [1.29, 1.82) is 0 Å². The Morgan fingerprint density at radius 1 is 1.03 bits per heavy atom. The normalized spacial score (nSPS) is 14.3. The summed E-state index contributed by atoms with van der Waals surface area (Å²) in [4.78, 5) is 19.8. The molecule has 0 atom stereocenters. The maximum atomic E-state index is 13.3. The third kappa shape index (κ3) is 4.76. The Morgan fingerprint density at radius 3 is 2.62 bits per heavy atom. The summed E-state index contributed by atoms with van der Waals surface area (Å²) in [6, 6.07) is 22.3. The molecule has 1 aliphatic heterocycles. The van der Waals surface area contributed by atoms with Crippen LogP contribution in [0, 0.1) is 5.92 Å². The minimum absolute atomic E-state index is 0.0179. The number of pyridine rings is 1. The van der Waals surface area contributed by atoms with Crippen molar-refractivity contribution in [2.45, 2.75) is 19.4 Å². The highest BCUT2D eigenvalue weighted by molar-refractivity contribution is 5.98. The molecule has 0 bridgehead atoms. The van der Waals surface area contributed by atoms with Crippen LogP contribution in [0.4, 0.5) is 5.69 Å². The molecule has 1 amide bonds. The second kappa shape index (κ2) is 10.00. The molecule has 0 spiro atoms. The van der Waals surface area contributed by atoms with E-state index in [0.717, 1.165) is 48.1 Å². The minimum atomic E-state index is -0.0179. The summed E-state index contributed by atoms with van der Waals surface area (Å²) in [5, 5.41) is 4.29. The van der Waals surface area contributed by atoms with Gasteiger partial charge >= 0.3 is 0 Å². The van der Waals surface area contributed by atoms with E-state index in [1.54, 1.807) is 7.11 Å². The fraction of sp³-hybridized carbons (Fsp3) is 0.286. The third-order valence-electron chi connectivity index (χ3n) is 6.71. The molecule has 0 radical (unpaired) electrons. The summed E-state index contributed by atoms with van der Waals surface area (Å²) in [7, 11) is 1.67. The Bertz CT molecular complexity index is 1260. The second-order valence-electron chi connectivity index (χ2n) is 8.87. The first-order valence-electron chi connectivity index (χ1n) is 11.9. The molecule has 34 heavy (non-hydrogen) atoms. The molecule has 6 nitrogen and oxygen atoms in total. The van der Waals surface area contributed by atoms with Crippen LogP contribution in [0.3, 0.4) is 0 Å². The number of nitrogens with zero attached hydrogens (tertiary/aromatic N) is 3. The molecule has 6 heteroatoms. The van der Waals surface area contributed by atoms with Gasteiger partial charge in [0.05, 0.1) is 7.11 Å². The number of hydrogen-bond donors (Lipinski definition) is 1. The Kier molecular flexibility index (Phi) is 6.47. The molecular formula is C28H30N4O2. The summed E-state index contributed by atoms with van der Waals surface area (Å²) in [6.45, 7) is 3.31. The van der Waals surface area contributed by atoms with Crippen molar-refractivity contribution in [1.82, 2.24) is 14.9 Å². The van der Waals surface area contributed by atoms with E-state index in [0.29, 0.717) is 24.7 Å². The predicted molar refractivity (Wildman–Crippen MR) is 136 cm³/mol. The first kappa shape index (κ1) is 22.0. The highest BCUT2D eigenvalue weighted by Crippen LogP contribution is 2.24. The molecule has 2 aromatic carbocycles. The van der Waals surface area contributed by atoms with E-state index in [9.17, 15) is 4.79 Å². The van der Waals surface area contributed by atoms with E-state index in [1.165, 1.54) is 5.69 Å². The Balaban J connectivity index is 1.27. The number of anilines is 1. The van der Waals surface area contributed by atoms with Crippen LogP contribution in [-0.2, 0) is 6.54 Å². The largest absolute Gasteiger partial charge is 0.497 e. The summed E-state index contributed by atoms with van der Waals surface area (Å²) >= 11 is 0. The summed E-state index contributed by atoms with van der Waals surface area (Å²) in [5.74, 6) is 1.28. The lowest BCUT2D eigenvalue weighted by Gasteiger charge is -2.33. The van der Waals surface area contributed by atoms with Crippen LogP contribution in [0.25, 0.3) is 10.9 Å². The Morgan fingerprint density at radius 2 is 1.82 bits per heavy atom. The van der Waals surface area contributed by atoms with Gasteiger partial charge in [-0.05, 0) is 60.7 Å². The first-order valence-corrected chi connectivity index (χ1v) is 11.9. The van der Waals surface area contributed by atoms with E-state index < -0.39 is 0 Å². The molecule has 1 aliphatic rings. The zero-order chi connectivity index (χ0) is 23.3. The summed E-state index contributed by atoms with van der Waals surface area (Å²) in [5.41, 5.74) is 4.07. The summed E-state index contributed by atoms with van der Waals surface area (Å²) < 4.78 is 7.49. The van der Waals surface area contributed by atoms with Gasteiger partial charge in [-0.15, -0.1) is 0 Å². The van der Waals surface area contributed by atoms with Gasteiger partial charge in [-0.1, -0.05) is 30.3 Å². The van der Waals surface area contributed by atoms with Crippen molar-refractivity contribution in [3.63, 3.8) is 0 Å². The van der Waals surface area contributed by atoms with Crippen LogP contribution >= 0.6 is 0 Å². The fourth-order valence-electron chi connectivity index (χ4n) is 4.80. The smallest absolute Gasteiger partial charge is 0.267 e. The lowest BCUT2D eigenvalue weighted by atomic mass is 9.96.